The zero-order valence-electron chi connectivity index (χ0n) is 13.7. The van der Waals surface area contributed by atoms with Crippen LogP contribution in [-0.4, -0.2) is 65.1 Å². The molecule has 0 unspecified atom stereocenters. The van der Waals surface area contributed by atoms with E-state index in [0.717, 1.165) is 51.3 Å². The molecule has 1 aliphatic heterocycles. The number of nitrogens with zero attached hydrogens (tertiary/aromatic N) is 4. The Morgan fingerprint density at radius 1 is 1.23 bits per heavy atom. The molecule has 0 aromatic carbocycles. The molecule has 7 heteroatoms. The quantitative estimate of drug-likeness (QED) is 0.760. The highest BCUT2D eigenvalue weighted by Gasteiger charge is 2.20. The van der Waals surface area contributed by atoms with Gasteiger partial charge in [-0.05, 0) is 13.3 Å². The van der Waals surface area contributed by atoms with E-state index in [0.29, 0.717) is 25.5 Å². The van der Waals surface area contributed by atoms with Crippen molar-refractivity contribution in [1.82, 2.24) is 25.3 Å². The maximum absolute atomic E-state index is 11.6. The number of hydrogen-bond acceptors (Lipinski definition) is 6. The molecule has 0 radical (unpaired) electrons. The lowest BCUT2D eigenvalue weighted by Gasteiger charge is -2.33. The second-order valence-electron chi connectivity index (χ2n) is 5.71. The van der Waals surface area contributed by atoms with E-state index in [1.54, 1.807) is 0 Å². The summed E-state index contributed by atoms with van der Waals surface area (Å²) in [5.41, 5.74) is 0. The summed E-state index contributed by atoms with van der Waals surface area (Å²) in [5, 5.41) is 6.85. The maximum Gasteiger partial charge on any atom is 0.240 e. The van der Waals surface area contributed by atoms with Gasteiger partial charge in [0.15, 0.2) is 5.82 Å². The van der Waals surface area contributed by atoms with E-state index in [4.69, 9.17) is 4.52 Å². The van der Waals surface area contributed by atoms with Crippen molar-refractivity contribution in [3.05, 3.63) is 11.7 Å². The van der Waals surface area contributed by atoms with Crippen LogP contribution in [0, 0.1) is 0 Å². The van der Waals surface area contributed by atoms with Crippen LogP contribution in [0.5, 0.6) is 0 Å². The van der Waals surface area contributed by atoms with Crippen LogP contribution < -0.4 is 5.32 Å². The molecule has 124 valence electrons. The minimum Gasteiger partial charge on any atom is -0.355 e. The summed E-state index contributed by atoms with van der Waals surface area (Å²) in [6, 6.07) is 0. The molecule has 1 saturated heterocycles. The van der Waals surface area contributed by atoms with Crippen molar-refractivity contribution in [2.24, 2.45) is 0 Å². The van der Waals surface area contributed by atoms with Gasteiger partial charge in [0.25, 0.3) is 0 Å². The molecule has 1 aromatic heterocycles. The van der Waals surface area contributed by atoms with Gasteiger partial charge in [0, 0.05) is 39.1 Å². The van der Waals surface area contributed by atoms with Crippen LogP contribution in [0.1, 0.15) is 38.4 Å². The zero-order chi connectivity index (χ0) is 15.8. The fourth-order valence-corrected chi connectivity index (χ4v) is 2.54. The van der Waals surface area contributed by atoms with Gasteiger partial charge >= 0.3 is 0 Å². The first-order valence-electron chi connectivity index (χ1n) is 8.24. The average molecular weight is 309 g/mol. The number of carbonyl (C=O) groups excluding carboxylic acids is 1. The number of rotatable bonds is 8. The predicted molar refractivity (Wildman–Crippen MR) is 83.3 cm³/mol. The van der Waals surface area contributed by atoms with E-state index in [1.807, 2.05) is 6.92 Å². The van der Waals surface area contributed by atoms with Gasteiger partial charge in [-0.3, -0.25) is 14.6 Å². The molecule has 0 bridgehead atoms. The molecular weight excluding hydrogens is 282 g/mol. The molecule has 7 nitrogen and oxygen atoms in total. The molecule has 1 aliphatic rings. The highest BCUT2D eigenvalue weighted by atomic mass is 16.5. The molecule has 2 heterocycles. The molecule has 0 atom stereocenters. The zero-order valence-corrected chi connectivity index (χ0v) is 13.7. The second kappa shape index (κ2) is 8.85. The highest BCUT2D eigenvalue weighted by molar-refractivity contribution is 5.77. The van der Waals surface area contributed by atoms with E-state index in [9.17, 15) is 4.79 Å². The molecule has 22 heavy (non-hydrogen) atoms. The number of piperazine rings is 1. The van der Waals surface area contributed by atoms with E-state index in [1.165, 1.54) is 0 Å². The van der Waals surface area contributed by atoms with Gasteiger partial charge in [-0.2, -0.15) is 4.98 Å². The summed E-state index contributed by atoms with van der Waals surface area (Å²) < 4.78 is 5.31. The predicted octanol–water partition coefficient (Wildman–Crippen LogP) is 0.666. The molecule has 1 N–H and O–H groups in total. The largest absolute Gasteiger partial charge is 0.355 e. The Balaban J connectivity index is 1.70. The Hall–Kier alpha value is -1.47. The summed E-state index contributed by atoms with van der Waals surface area (Å²) in [6.45, 7) is 9.62. The first-order chi connectivity index (χ1) is 10.7. The molecule has 2 rings (SSSR count). The Labute approximate surface area is 132 Å². The maximum atomic E-state index is 11.6. The summed E-state index contributed by atoms with van der Waals surface area (Å²) in [6.07, 6.45) is 3.12. The van der Waals surface area contributed by atoms with Gasteiger partial charge in [0.1, 0.15) is 0 Å². The average Bonchev–Trinajstić information content (AvgIpc) is 2.95. The molecule has 1 aromatic rings. The minimum absolute atomic E-state index is 0.105. The van der Waals surface area contributed by atoms with Crippen LogP contribution in [0.4, 0.5) is 0 Å². The standard InChI is InChI=1S/C15H27N5O2/c1-3-5-6-13-17-15(22-18-13)12-20-9-7-19(8-10-20)11-14(21)16-4-2/h3-12H2,1-2H3,(H,16,21). The third kappa shape index (κ3) is 5.38. The highest BCUT2D eigenvalue weighted by Crippen LogP contribution is 2.08. The first-order valence-corrected chi connectivity index (χ1v) is 8.24. The lowest BCUT2D eigenvalue weighted by molar-refractivity contribution is -0.122. The lowest BCUT2D eigenvalue weighted by Crippen LogP contribution is -2.49. The normalized spacial score (nSPS) is 16.8. The Morgan fingerprint density at radius 3 is 2.64 bits per heavy atom. The van der Waals surface area contributed by atoms with Crippen molar-refractivity contribution in [3.8, 4) is 0 Å². The van der Waals surface area contributed by atoms with Crippen molar-refractivity contribution in [1.29, 1.82) is 0 Å². The molecule has 0 aliphatic carbocycles. The number of likely N-dealkylation sites (N-methyl/N-ethyl adjacent to an activating group) is 1. The number of amides is 1. The van der Waals surface area contributed by atoms with E-state index in [-0.39, 0.29) is 5.91 Å². The van der Waals surface area contributed by atoms with Crippen molar-refractivity contribution < 1.29 is 9.32 Å². The Kier molecular flexibility index (Phi) is 6.79. The monoisotopic (exact) mass is 309 g/mol. The minimum atomic E-state index is 0.105. The van der Waals surface area contributed by atoms with Gasteiger partial charge in [-0.1, -0.05) is 18.5 Å². The van der Waals surface area contributed by atoms with Gasteiger partial charge in [-0.15, -0.1) is 0 Å². The molecular formula is C15H27N5O2. The van der Waals surface area contributed by atoms with Gasteiger partial charge < -0.3 is 9.84 Å². The Bertz CT molecular complexity index is 455. The second-order valence-corrected chi connectivity index (χ2v) is 5.71. The SMILES string of the molecule is CCCCc1noc(CN2CCN(CC(=O)NCC)CC2)n1. The third-order valence-electron chi connectivity index (χ3n) is 3.83. The molecule has 1 fully saturated rings. The smallest absolute Gasteiger partial charge is 0.240 e. The number of nitrogens with one attached hydrogen (secondary N) is 1. The van der Waals surface area contributed by atoms with Crippen LogP contribution in [-0.2, 0) is 17.8 Å². The fraction of sp³-hybridized carbons (Fsp3) is 0.800. The van der Waals surface area contributed by atoms with Crippen LogP contribution in [0.15, 0.2) is 4.52 Å². The lowest BCUT2D eigenvalue weighted by atomic mass is 10.2. The molecule has 0 saturated carbocycles. The number of aromatic nitrogens is 2. The third-order valence-corrected chi connectivity index (χ3v) is 3.83. The van der Waals surface area contributed by atoms with Gasteiger partial charge in [-0.25, -0.2) is 0 Å². The van der Waals surface area contributed by atoms with Crippen LogP contribution in [0.3, 0.4) is 0 Å². The number of carbonyl (C=O) groups is 1. The summed E-state index contributed by atoms with van der Waals surface area (Å²) in [7, 11) is 0. The van der Waals surface area contributed by atoms with E-state index < -0.39 is 0 Å². The topological polar surface area (TPSA) is 74.5 Å². The van der Waals surface area contributed by atoms with Crippen molar-refractivity contribution in [3.63, 3.8) is 0 Å². The van der Waals surface area contributed by atoms with Crippen molar-refractivity contribution >= 4 is 5.91 Å². The molecule has 1 amide bonds. The Morgan fingerprint density at radius 2 is 1.95 bits per heavy atom. The van der Waals surface area contributed by atoms with Gasteiger partial charge in [0.2, 0.25) is 11.8 Å². The molecule has 0 spiro atoms. The van der Waals surface area contributed by atoms with Crippen LogP contribution in [0.2, 0.25) is 0 Å². The van der Waals surface area contributed by atoms with Gasteiger partial charge in [0.05, 0.1) is 13.1 Å². The number of hydrogen-bond donors (Lipinski definition) is 1. The summed E-state index contributed by atoms with van der Waals surface area (Å²) in [4.78, 5) is 20.5. The van der Waals surface area contributed by atoms with Crippen LogP contribution in [0.25, 0.3) is 0 Å². The first kappa shape index (κ1) is 16.9. The summed E-state index contributed by atoms with van der Waals surface area (Å²) in [5.74, 6) is 1.61. The van der Waals surface area contributed by atoms with Crippen molar-refractivity contribution in [2.45, 2.75) is 39.7 Å². The van der Waals surface area contributed by atoms with E-state index in [2.05, 4.69) is 32.2 Å². The fourth-order valence-electron chi connectivity index (χ4n) is 2.54. The number of aryl methyl sites for hydroxylation is 1. The van der Waals surface area contributed by atoms with Crippen molar-refractivity contribution in [2.75, 3.05) is 39.3 Å². The van der Waals surface area contributed by atoms with E-state index >= 15 is 0 Å². The number of unbranched alkanes of at least 4 members (excludes halogenated alkanes) is 1. The summed E-state index contributed by atoms with van der Waals surface area (Å²) >= 11 is 0. The van der Waals surface area contributed by atoms with Crippen LogP contribution >= 0.6 is 0 Å².